The minimum atomic E-state index is -2.27. The van der Waals surface area contributed by atoms with E-state index in [1.54, 1.807) is 7.11 Å². The zero-order valence-electron chi connectivity index (χ0n) is 17.2. The fourth-order valence-corrected chi connectivity index (χ4v) is 5.64. The first-order chi connectivity index (χ1) is 12.1. The van der Waals surface area contributed by atoms with Crippen LogP contribution in [0.3, 0.4) is 0 Å². The lowest BCUT2D eigenvalue weighted by Gasteiger charge is -2.30. The van der Waals surface area contributed by atoms with Crippen LogP contribution in [0.4, 0.5) is 0 Å². The van der Waals surface area contributed by atoms with E-state index in [9.17, 15) is 0 Å². The molecule has 0 radical (unpaired) electrons. The monoisotopic (exact) mass is 410 g/mol. The highest BCUT2D eigenvalue weighted by Crippen LogP contribution is 2.49. The molecule has 0 amide bonds. The lowest BCUT2D eigenvalue weighted by atomic mass is 10.00. The Bertz CT molecular complexity index is 488. The molecule has 2 fully saturated rings. The first-order valence-corrected chi connectivity index (χ1v) is 13.7. The summed E-state index contributed by atoms with van der Waals surface area (Å²) in [5.41, 5.74) is 0. The van der Waals surface area contributed by atoms with E-state index in [2.05, 4.69) is 40.4 Å². The van der Waals surface area contributed by atoms with Gasteiger partial charge in [-0.25, -0.2) is 0 Å². The van der Waals surface area contributed by atoms with Crippen molar-refractivity contribution in [3.63, 3.8) is 0 Å². The van der Waals surface area contributed by atoms with Gasteiger partial charge in [0.25, 0.3) is 0 Å². The van der Waals surface area contributed by atoms with Crippen LogP contribution in [-0.4, -0.2) is 83.2 Å². The Labute approximate surface area is 160 Å². The molecule has 0 saturated carbocycles. The Balaban J connectivity index is 1.92. The Morgan fingerprint density at radius 2 is 1.81 bits per heavy atom. The van der Waals surface area contributed by atoms with Crippen molar-refractivity contribution >= 4 is 21.8 Å². The maximum Gasteiger partial charge on any atom is 0.115 e. The maximum absolute atomic E-state index is 6.33. The van der Waals surface area contributed by atoms with Crippen molar-refractivity contribution in [2.75, 3.05) is 40.3 Å². The zero-order chi connectivity index (χ0) is 19.5. The summed E-state index contributed by atoms with van der Waals surface area (Å²) in [4.78, 5) is 0. The molecule has 26 heavy (non-hydrogen) atoms. The molecule has 2 heterocycles. The van der Waals surface area contributed by atoms with Gasteiger partial charge in [0.2, 0.25) is 0 Å². The molecule has 2 saturated heterocycles. The van der Waals surface area contributed by atoms with Gasteiger partial charge < -0.3 is 27.8 Å². The van der Waals surface area contributed by atoms with Crippen LogP contribution in [0.15, 0.2) is 0 Å². The van der Waals surface area contributed by atoms with Crippen molar-refractivity contribution in [3.05, 3.63) is 0 Å². The van der Waals surface area contributed by atoms with Gasteiger partial charge in [-0.1, -0.05) is 13.2 Å². The topological polar surface area (TPSA) is 55.4 Å². The maximum atomic E-state index is 6.33. The van der Waals surface area contributed by atoms with Gasteiger partial charge in [-0.05, 0) is 27.2 Å². The van der Waals surface area contributed by atoms with E-state index in [0.29, 0.717) is 13.2 Å². The average Bonchev–Trinajstić information content (AvgIpc) is 2.99. The van der Waals surface area contributed by atoms with Crippen molar-refractivity contribution < 1.29 is 27.8 Å². The highest BCUT2D eigenvalue weighted by molar-refractivity contribution is 7.63. The molecule has 154 valence electrons. The molecule has 2 aliphatic heterocycles. The summed E-state index contributed by atoms with van der Waals surface area (Å²) in [5.74, 6) is 0.266. The van der Waals surface area contributed by atoms with E-state index in [4.69, 9.17) is 27.8 Å². The third-order valence-corrected chi connectivity index (χ3v) is 7.01. The SMILES string of the molecule is C=P(C)(OC[C@H]1O[C@@H](C)CC1OP(C)C)OC1[C@@H](COC)O[C@@H](C)[C@H]1C. The van der Waals surface area contributed by atoms with Gasteiger partial charge in [0.1, 0.15) is 19.5 Å². The molecule has 3 unspecified atom stereocenters. The lowest BCUT2D eigenvalue weighted by Crippen LogP contribution is -2.32. The molecule has 0 N–H and O–H groups in total. The molecular weight excluding hydrogens is 374 g/mol. The Morgan fingerprint density at radius 3 is 2.42 bits per heavy atom. The molecule has 6 nitrogen and oxygen atoms in total. The van der Waals surface area contributed by atoms with E-state index in [0.717, 1.165) is 6.42 Å². The number of hydrogen-bond donors (Lipinski definition) is 0. The molecule has 0 aromatic rings. The minimum Gasteiger partial charge on any atom is -0.382 e. The molecule has 0 bridgehead atoms. The summed E-state index contributed by atoms with van der Waals surface area (Å²) in [6.07, 6.45) is 5.32. The van der Waals surface area contributed by atoms with Crippen LogP contribution in [0.5, 0.6) is 0 Å². The van der Waals surface area contributed by atoms with E-state index in [1.165, 1.54) is 0 Å². The van der Waals surface area contributed by atoms with Crippen molar-refractivity contribution in [3.8, 4) is 0 Å². The van der Waals surface area contributed by atoms with Crippen molar-refractivity contribution in [1.29, 1.82) is 0 Å². The lowest BCUT2D eigenvalue weighted by molar-refractivity contribution is -0.0278. The van der Waals surface area contributed by atoms with E-state index in [1.807, 2.05) is 6.66 Å². The normalized spacial score (nSPS) is 40.2. The standard InChI is InChI=1S/C18H36O6P2/c1-12-9-15(23-25(5)6)16(21-12)11-20-26(7,8)24-18-13(2)14(3)22-17(18)10-19-4/h12-18H,7,9-11H2,1-6,8H3/t12-,13+,14-,15?,16+,17+,18?,26?/m0/s1. The Morgan fingerprint density at radius 1 is 1.12 bits per heavy atom. The van der Waals surface area contributed by atoms with Gasteiger partial charge in [-0.2, -0.15) is 0 Å². The van der Waals surface area contributed by atoms with Crippen molar-refractivity contribution in [2.24, 2.45) is 5.92 Å². The second-order valence-electron chi connectivity index (χ2n) is 7.75. The zero-order valence-corrected chi connectivity index (χ0v) is 19.0. The highest BCUT2D eigenvalue weighted by atomic mass is 31.2. The highest BCUT2D eigenvalue weighted by Gasteiger charge is 2.42. The minimum absolute atomic E-state index is 0.0643. The van der Waals surface area contributed by atoms with E-state index < -0.39 is 15.5 Å². The van der Waals surface area contributed by atoms with Crippen LogP contribution >= 0.6 is 15.5 Å². The summed E-state index contributed by atoms with van der Waals surface area (Å²) < 4.78 is 35.7. The predicted molar refractivity (Wildman–Crippen MR) is 109 cm³/mol. The summed E-state index contributed by atoms with van der Waals surface area (Å²) in [5, 5.41) is 0. The smallest absolute Gasteiger partial charge is 0.115 e. The van der Waals surface area contributed by atoms with Crippen LogP contribution in [0.2, 0.25) is 0 Å². The molecule has 0 spiro atoms. The molecule has 8 atom stereocenters. The molecule has 0 aliphatic carbocycles. The third-order valence-electron chi connectivity index (χ3n) is 4.93. The number of methoxy groups -OCH3 is 1. The van der Waals surface area contributed by atoms with Crippen molar-refractivity contribution in [2.45, 2.75) is 63.8 Å². The number of rotatable bonds is 9. The number of hydrogen-bond acceptors (Lipinski definition) is 6. The molecule has 0 aromatic carbocycles. The molecule has 0 aromatic heterocycles. The fourth-order valence-electron chi connectivity index (χ4n) is 3.51. The summed E-state index contributed by atoms with van der Waals surface area (Å²) in [6.45, 7) is 13.4. The largest absolute Gasteiger partial charge is 0.382 e. The average molecular weight is 410 g/mol. The Kier molecular flexibility index (Phi) is 8.59. The summed E-state index contributed by atoms with van der Waals surface area (Å²) >= 11 is 0. The molecule has 8 heteroatoms. The first-order valence-electron chi connectivity index (χ1n) is 9.30. The van der Waals surface area contributed by atoms with Crippen molar-refractivity contribution in [1.82, 2.24) is 0 Å². The summed E-state index contributed by atoms with van der Waals surface area (Å²) in [7, 11) is -1.02. The molecular formula is C18H36O6P2. The van der Waals surface area contributed by atoms with Gasteiger partial charge in [0.05, 0.1) is 37.6 Å². The van der Waals surface area contributed by atoms with Crippen LogP contribution < -0.4 is 0 Å². The second-order valence-corrected chi connectivity index (χ2v) is 12.1. The van der Waals surface area contributed by atoms with Gasteiger partial charge in [0, 0.05) is 34.3 Å². The Hall–Kier alpha value is 0.490. The van der Waals surface area contributed by atoms with Gasteiger partial charge in [-0.3, -0.25) is 0 Å². The quantitative estimate of drug-likeness (QED) is 0.542. The van der Waals surface area contributed by atoms with Crippen LogP contribution in [0.25, 0.3) is 0 Å². The van der Waals surface area contributed by atoms with Gasteiger partial charge in [-0.15, -0.1) is 0 Å². The first kappa shape index (κ1) is 22.8. The van der Waals surface area contributed by atoms with Crippen LogP contribution in [0, 0.1) is 5.92 Å². The number of ether oxygens (including phenoxy) is 3. The molecule has 2 rings (SSSR count). The van der Waals surface area contributed by atoms with Gasteiger partial charge in [0.15, 0.2) is 0 Å². The van der Waals surface area contributed by atoms with E-state index in [-0.39, 0.29) is 42.5 Å². The molecule has 2 aliphatic rings. The van der Waals surface area contributed by atoms with Gasteiger partial charge >= 0.3 is 0 Å². The second kappa shape index (κ2) is 9.80. The van der Waals surface area contributed by atoms with Crippen LogP contribution in [-0.2, 0) is 27.8 Å². The van der Waals surface area contributed by atoms with Crippen LogP contribution in [0.1, 0.15) is 27.2 Å². The fraction of sp³-hybridized carbons (Fsp3) is 0.944. The third kappa shape index (κ3) is 6.25. The van der Waals surface area contributed by atoms with E-state index >= 15 is 0 Å². The summed E-state index contributed by atoms with van der Waals surface area (Å²) in [6, 6.07) is 0. The predicted octanol–water partition coefficient (Wildman–Crippen LogP) is 3.59.